The van der Waals surface area contributed by atoms with Gasteiger partial charge in [0.15, 0.2) is 11.6 Å². The molecule has 4 aliphatic carbocycles. The van der Waals surface area contributed by atoms with Crippen LogP contribution in [0.2, 0.25) is 0 Å². The van der Waals surface area contributed by atoms with Crippen molar-refractivity contribution in [2.45, 2.75) is 100 Å². The lowest BCUT2D eigenvalue weighted by molar-refractivity contribution is -0.175. The van der Waals surface area contributed by atoms with E-state index < -0.39 is 27.6 Å². The number of fused-ring (bicyclic) bond motifs is 2. The fraction of sp³-hybridized carbons (Fsp3) is 0.727. The van der Waals surface area contributed by atoms with Crippen molar-refractivity contribution >= 4 is 23.3 Å². The van der Waals surface area contributed by atoms with E-state index in [0.29, 0.717) is 6.42 Å². The summed E-state index contributed by atoms with van der Waals surface area (Å²) in [6.07, 6.45) is 8.35. The predicted octanol–water partition coefficient (Wildman–Crippen LogP) is 6.34. The molecule has 0 spiro atoms. The highest BCUT2D eigenvalue weighted by Crippen LogP contribution is 2.70. The van der Waals surface area contributed by atoms with Crippen molar-refractivity contribution in [3.63, 3.8) is 0 Å². The number of carbonyl (C=O) groups is 4. The standard InChI is InChI=1S/C33H45NO5/c1-20(35)14-24-31(7)15-21(19-34)26(37)29(4,5)25(31)23(36)18-32(24,8)30(6)11-13-33(27(38)39-9)12-10-28(2,3)16-22(33)17-30/h14-15,22,25H,10-13,16-18H2,1-9H3/b24-14-/t22?,25-,30+,31+,32+,33-/m0/s1. The van der Waals surface area contributed by atoms with E-state index in [2.05, 4.69) is 33.8 Å². The number of nitrogens with zero attached hydrogens (tertiary/aromatic N) is 1. The van der Waals surface area contributed by atoms with Gasteiger partial charge in [-0.3, -0.25) is 19.2 Å². The quantitative estimate of drug-likeness (QED) is 0.309. The van der Waals surface area contributed by atoms with E-state index in [1.54, 1.807) is 26.0 Å². The first-order chi connectivity index (χ1) is 17.8. The third kappa shape index (κ3) is 4.09. The van der Waals surface area contributed by atoms with E-state index in [9.17, 15) is 24.4 Å². The second-order valence-electron chi connectivity index (χ2n) is 15.1. The number of ether oxygens (including phenoxy) is 1. The number of esters is 1. The van der Waals surface area contributed by atoms with Crippen molar-refractivity contribution in [3.8, 4) is 6.07 Å². The topological polar surface area (TPSA) is 101 Å². The number of carbonyl (C=O) groups excluding carboxylic acids is 4. The normalized spacial score (nSPS) is 42.1. The van der Waals surface area contributed by atoms with Crippen LogP contribution in [0.4, 0.5) is 0 Å². The molecule has 4 aliphatic rings. The minimum atomic E-state index is -1.07. The summed E-state index contributed by atoms with van der Waals surface area (Å²) in [4.78, 5) is 53.5. The van der Waals surface area contributed by atoms with Crippen LogP contribution < -0.4 is 0 Å². The fourth-order valence-corrected chi connectivity index (χ4v) is 9.47. The van der Waals surface area contributed by atoms with Crippen LogP contribution in [-0.2, 0) is 23.9 Å². The lowest BCUT2D eigenvalue weighted by Gasteiger charge is -2.64. The van der Waals surface area contributed by atoms with Gasteiger partial charge in [0, 0.05) is 28.6 Å². The first kappa shape index (κ1) is 29.4. The Balaban J connectivity index is 1.90. The molecule has 6 nitrogen and oxygen atoms in total. The Labute approximate surface area is 233 Å². The zero-order valence-electron chi connectivity index (χ0n) is 25.2. The molecule has 6 heteroatoms. The second-order valence-corrected chi connectivity index (χ2v) is 15.1. The molecule has 0 heterocycles. The van der Waals surface area contributed by atoms with Crippen molar-refractivity contribution in [3.05, 3.63) is 23.3 Å². The third-order valence-electron chi connectivity index (χ3n) is 11.7. The van der Waals surface area contributed by atoms with Crippen molar-refractivity contribution in [2.75, 3.05) is 7.11 Å². The largest absolute Gasteiger partial charge is 0.469 e. The maximum atomic E-state index is 14.2. The minimum Gasteiger partial charge on any atom is -0.469 e. The van der Waals surface area contributed by atoms with Crippen molar-refractivity contribution in [1.82, 2.24) is 0 Å². The van der Waals surface area contributed by atoms with Crippen LogP contribution in [0.3, 0.4) is 0 Å². The van der Waals surface area contributed by atoms with Crippen LogP contribution in [0, 0.1) is 55.7 Å². The van der Waals surface area contributed by atoms with E-state index in [1.807, 2.05) is 6.92 Å². The molecular weight excluding hydrogens is 490 g/mol. The lowest BCUT2D eigenvalue weighted by atomic mass is 9.38. The number of Topliss-reactive ketones (excluding diaryl/α,β-unsaturated/α-hetero) is 2. The molecule has 0 amide bonds. The summed E-state index contributed by atoms with van der Waals surface area (Å²) in [5.74, 6) is -1.13. The van der Waals surface area contributed by atoms with Crippen LogP contribution >= 0.6 is 0 Å². The number of nitriles is 1. The van der Waals surface area contributed by atoms with Crippen LogP contribution in [0.5, 0.6) is 0 Å². The van der Waals surface area contributed by atoms with Gasteiger partial charge in [0.1, 0.15) is 11.9 Å². The van der Waals surface area contributed by atoms with Gasteiger partial charge in [0.05, 0.1) is 18.1 Å². The Bertz CT molecular complexity index is 1250. The highest BCUT2D eigenvalue weighted by Gasteiger charge is 2.67. The molecule has 0 saturated heterocycles. The number of ketones is 3. The SMILES string of the molecule is COC(=O)[C@]12CCC(C)(C)CC1C[C@](C)([C@]1(C)CC(=O)[C@H]3C(C)(C)C(=O)C(C#N)=C[C@]3(C)/C1=C/C(C)=O)CC2. The molecule has 39 heavy (non-hydrogen) atoms. The fourth-order valence-electron chi connectivity index (χ4n) is 9.47. The van der Waals surface area contributed by atoms with Gasteiger partial charge in [0.25, 0.3) is 0 Å². The number of hydrogen-bond acceptors (Lipinski definition) is 6. The second kappa shape index (κ2) is 8.98. The average Bonchev–Trinajstić information content (AvgIpc) is 2.82. The van der Waals surface area contributed by atoms with Gasteiger partial charge in [-0.15, -0.1) is 0 Å². The average molecular weight is 536 g/mol. The molecule has 0 radical (unpaired) electrons. The predicted molar refractivity (Wildman–Crippen MR) is 148 cm³/mol. The monoisotopic (exact) mass is 535 g/mol. The molecule has 3 saturated carbocycles. The molecule has 6 atom stereocenters. The maximum absolute atomic E-state index is 14.2. The van der Waals surface area contributed by atoms with E-state index in [1.165, 1.54) is 14.0 Å². The van der Waals surface area contributed by atoms with E-state index in [4.69, 9.17) is 4.74 Å². The zero-order chi connectivity index (χ0) is 29.4. The summed E-state index contributed by atoms with van der Waals surface area (Å²) in [6.45, 7) is 15.8. The van der Waals surface area contributed by atoms with Gasteiger partial charge < -0.3 is 4.74 Å². The number of hydrogen-bond donors (Lipinski definition) is 0. The van der Waals surface area contributed by atoms with Crippen molar-refractivity contribution in [1.29, 1.82) is 5.26 Å². The molecule has 212 valence electrons. The molecule has 0 N–H and O–H groups in total. The van der Waals surface area contributed by atoms with Gasteiger partial charge >= 0.3 is 5.97 Å². The molecule has 3 fully saturated rings. The highest BCUT2D eigenvalue weighted by molar-refractivity contribution is 6.08. The molecule has 0 aromatic heterocycles. The lowest BCUT2D eigenvalue weighted by Crippen LogP contribution is -2.62. The Kier molecular flexibility index (Phi) is 6.78. The van der Waals surface area contributed by atoms with Crippen molar-refractivity contribution in [2.24, 2.45) is 44.3 Å². The van der Waals surface area contributed by atoms with Gasteiger partial charge in [-0.2, -0.15) is 5.26 Å². The van der Waals surface area contributed by atoms with Gasteiger partial charge in [-0.05, 0) is 73.8 Å². The van der Waals surface area contributed by atoms with Crippen LogP contribution in [0.15, 0.2) is 23.3 Å². The Morgan fingerprint density at radius 2 is 1.62 bits per heavy atom. The summed E-state index contributed by atoms with van der Waals surface area (Å²) in [6, 6.07) is 2.08. The number of methoxy groups -OCH3 is 1. The first-order valence-corrected chi connectivity index (χ1v) is 14.4. The van der Waals surface area contributed by atoms with Gasteiger partial charge in [-0.1, -0.05) is 54.5 Å². The summed E-state index contributed by atoms with van der Waals surface area (Å²) >= 11 is 0. The van der Waals surface area contributed by atoms with E-state index in [0.717, 1.165) is 37.7 Å². The first-order valence-electron chi connectivity index (χ1n) is 14.4. The summed E-state index contributed by atoms with van der Waals surface area (Å²) < 4.78 is 5.37. The molecule has 4 rings (SSSR count). The van der Waals surface area contributed by atoms with Crippen molar-refractivity contribution < 1.29 is 23.9 Å². The highest BCUT2D eigenvalue weighted by atomic mass is 16.5. The summed E-state index contributed by atoms with van der Waals surface area (Å²) in [5, 5.41) is 9.89. The van der Waals surface area contributed by atoms with Gasteiger partial charge in [0.2, 0.25) is 0 Å². The zero-order valence-corrected chi connectivity index (χ0v) is 25.2. The molecule has 0 aliphatic heterocycles. The molecule has 0 bridgehead atoms. The molecular formula is C33H45NO5. The summed E-state index contributed by atoms with van der Waals surface area (Å²) in [5.41, 5.74) is -2.65. The smallest absolute Gasteiger partial charge is 0.312 e. The maximum Gasteiger partial charge on any atom is 0.312 e. The van der Waals surface area contributed by atoms with Crippen LogP contribution in [0.25, 0.3) is 0 Å². The van der Waals surface area contributed by atoms with Crippen LogP contribution in [-0.4, -0.2) is 30.4 Å². The number of rotatable bonds is 3. The van der Waals surface area contributed by atoms with Gasteiger partial charge in [-0.25, -0.2) is 0 Å². The molecule has 0 aromatic rings. The number of allylic oxidation sites excluding steroid dienone is 4. The van der Waals surface area contributed by atoms with E-state index in [-0.39, 0.29) is 52.1 Å². The molecule has 1 unspecified atom stereocenters. The Morgan fingerprint density at radius 1 is 1.00 bits per heavy atom. The Morgan fingerprint density at radius 3 is 2.18 bits per heavy atom. The third-order valence-corrected chi connectivity index (χ3v) is 11.7. The summed E-state index contributed by atoms with van der Waals surface area (Å²) in [7, 11) is 1.47. The van der Waals surface area contributed by atoms with E-state index >= 15 is 0 Å². The molecule has 0 aromatic carbocycles. The Hall–Kier alpha value is -2.55. The minimum absolute atomic E-state index is 0.00213. The van der Waals surface area contributed by atoms with Crippen LogP contribution in [0.1, 0.15) is 100 Å².